The van der Waals surface area contributed by atoms with Crippen molar-refractivity contribution in [1.82, 2.24) is 9.88 Å². The summed E-state index contributed by atoms with van der Waals surface area (Å²) in [5.74, 6) is 0. The molecule has 0 atom stereocenters. The maximum absolute atomic E-state index is 5.04. The molecule has 0 amide bonds. The van der Waals surface area contributed by atoms with Gasteiger partial charge < -0.3 is 9.80 Å². The van der Waals surface area contributed by atoms with Crippen LogP contribution in [0.1, 0.15) is 5.69 Å². The highest BCUT2D eigenvalue weighted by molar-refractivity contribution is 7.26. The topological polar surface area (TPSA) is 19.4 Å². The molecule has 0 bridgehead atoms. The van der Waals surface area contributed by atoms with Crippen molar-refractivity contribution in [3.63, 3.8) is 0 Å². The van der Waals surface area contributed by atoms with Crippen LogP contribution < -0.4 is 4.90 Å². The first kappa shape index (κ1) is 18.2. The summed E-state index contributed by atoms with van der Waals surface area (Å²) in [4.78, 5) is 9.58. The lowest BCUT2D eigenvalue weighted by Gasteiger charge is -2.21. The van der Waals surface area contributed by atoms with Gasteiger partial charge in [-0.25, -0.2) is 0 Å². The minimum atomic E-state index is 0.788. The van der Waals surface area contributed by atoms with Crippen LogP contribution in [0.5, 0.6) is 0 Å². The maximum atomic E-state index is 5.04. The van der Waals surface area contributed by atoms with Gasteiger partial charge in [0.05, 0.1) is 24.6 Å². The van der Waals surface area contributed by atoms with E-state index in [0.29, 0.717) is 0 Å². The zero-order valence-electron chi connectivity index (χ0n) is 17.0. The zero-order chi connectivity index (χ0) is 20.6. The minimum absolute atomic E-state index is 0.788. The third-order valence-corrected chi connectivity index (χ3v) is 6.95. The summed E-state index contributed by atoms with van der Waals surface area (Å²) in [7, 11) is 0. The van der Waals surface area contributed by atoms with Gasteiger partial charge in [0.1, 0.15) is 0 Å². The summed E-state index contributed by atoms with van der Waals surface area (Å²) in [6, 6.07) is 32.0. The first-order valence-electron chi connectivity index (χ1n) is 10.5. The molecule has 0 saturated carbocycles. The summed E-state index contributed by atoms with van der Waals surface area (Å²) in [5.41, 5.74) is 4.54. The second-order valence-electron chi connectivity index (χ2n) is 7.79. The lowest BCUT2D eigenvalue weighted by Crippen LogP contribution is -2.24. The number of thiophene rings is 1. The van der Waals surface area contributed by atoms with E-state index in [1.165, 1.54) is 31.4 Å². The number of benzene rings is 3. The monoisotopic (exact) mass is 419 g/mol. The van der Waals surface area contributed by atoms with Crippen molar-refractivity contribution in [2.45, 2.75) is 6.54 Å². The number of hydrogen-bond acceptors (Lipinski definition) is 4. The molecule has 6 rings (SSSR count). The van der Waals surface area contributed by atoms with Crippen LogP contribution in [0, 0.1) is 0 Å². The van der Waals surface area contributed by atoms with Gasteiger partial charge in [-0.1, -0.05) is 60.7 Å². The van der Waals surface area contributed by atoms with E-state index in [1.54, 1.807) is 0 Å². The van der Waals surface area contributed by atoms with Gasteiger partial charge in [-0.15, -0.1) is 11.3 Å². The lowest BCUT2D eigenvalue weighted by atomic mass is 10.1. The first-order chi connectivity index (χ1) is 15.3. The highest BCUT2D eigenvalue weighted by Gasteiger charge is 2.15. The Kier molecular flexibility index (Phi) is 4.43. The van der Waals surface area contributed by atoms with Crippen LogP contribution in [-0.4, -0.2) is 16.6 Å². The normalized spacial score (nSPS) is 13.5. The lowest BCUT2D eigenvalue weighted by molar-refractivity contribution is 0.395. The predicted octanol–water partition coefficient (Wildman–Crippen LogP) is 6.87. The first-order valence-corrected chi connectivity index (χ1v) is 11.3. The van der Waals surface area contributed by atoms with Gasteiger partial charge in [-0.05, 0) is 30.3 Å². The molecule has 1 aliphatic heterocycles. The Balaban J connectivity index is 1.29. The third-order valence-electron chi connectivity index (χ3n) is 5.73. The Morgan fingerprint density at radius 1 is 0.742 bits per heavy atom. The van der Waals surface area contributed by atoms with E-state index in [2.05, 4.69) is 107 Å². The van der Waals surface area contributed by atoms with Crippen LogP contribution in [0.2, 0.25) is 0 Å². The van der Waals surface area contributed by atoms with Gasteiger partial charge in [0, 0.05) is 43.8 Å². The van der Waals surface area contributed by atoms with E-state index >= 15 is 0 Å². The van der Waals surface area contributed by atoms with E-state index in [-0.39, 0.29) is 0 Å². The minimum Gasteiger partial charge on any atom is -0.352 e. The number of fused-ring (bicyclic) bond motifs is 3. The summed E-state index contributed by atoms with van der Waals surface area (Å²) < 4.78 is 2.63. The number of rotatable bonds is 4. The average Bonchev–Trinajstić information content (AvgIpc) is 3.44. The van der Waals surface area contributed by atoms with Crippen molar-refractivity contribution in [1.29, 1.82) is 0 Å². The maximum Gasteiger partial charge on any atom is 0.0946 e. The van der Waals surface area contributed by atoms with Crippen LogP contribution in [-0.2, 0) is 6.54 Å². The van der Waals surface area contributed by atoms with Crippen molar-refractivity contribution in [2.24, 2.45) is 0 Å². The third kappa shape index (κ3) is 3.35. The molecule has 0 fully saturated rings. The number of pyridine rings is 1. The van der Waals surface area contributed by atoms with E-state index < -0.39 is 0 Å². The van der Waals surface area contributed by atoms with Crippen molar-refractivity contribution in [3.05, 3.63) is 109 Å². The van der Waals surface area contributed by atoms with Crippen molar-refractivity contribution in [2.75, 3.05) is 11.6 Å². The molecule has 0 aliphatic carbocycles. The van der Waals surface area contributed by atoms with E-state index in [9.17, 15) is 0 Å². The molecular weight excluding hydrogens is 398 g/mol. The average molecular weight is 420 g/mol. The standard InChI is InChI=1S/C27H21N3S/c1-2-9-21(10-3-1)30-17-16-29(19-30)18-20-8-6-14-25(28-20)24-13-7-12-23-22-11-4-5-15-26(22)31-27(23)24/h1-17H,18-19H2. The highest BCUT2D eigenvalue weighted by atomic mass is 32.1. The van der Waals surface area contributed by atoms with Gasteiger partial charge in [-0.3, -0.25) is 4.98 Å². The fraction of sp³-hybridized carbons (Fsp3) is 0.0741. The van der Waals surface area contributed by atoms with Gasteiger partial charge in [0.25, 0.3) is 0 Å². The molecule has 0 N–H and O–H groups in total. The van der Waals surface area contributed by atoms with E-state index in [0.717, 1.165) is 24.6 Å². The molecule has 4 heteroatoms. The molecule has 1 aliphatic rings. The number of para-hydroxylation sites is 1. The van der Waals surface area contributed by atoms with Crippen LogP contribution in [0.4, 0.5) is 5.69 Å². The second-order valence-corrected chi connectivity index (χ2v) is 8.84. The highest BCUT2D eigenvalue weighted by Crippen LogP contribution is 2.39. The van der Waals surface area contributed by atoms with Gasteiger partial charge >= 0.3 is 0 Å². The summed E-state index contributed by atoms with van der Waals surface area (Å²) >= 11 is 1.85. The van der Waals surface area contributed by atoms with Gasteiger partial charge in [0.2, 0.25) is 0 Å². The molecular formula is C27H21N3S. The molecule has 31 heavy (non-hydrogen) atoms. The summed E-state index contributed by atoms with van der Waals surface area (Å²) in [6.45, 7) is 1.62. The molecule has 150 valence electrons. The van der Waals surface area contributed by atoms with Gasteiger partial charge in [0.15, 0.2) is 0 Å². The molecule has 0 radical (unpaired) electrons. The van der Waals surface area contributed by atoms with Crippen LogP contribution >= 0.6 is 11.3 Å². The van der Waals surface area contributed by atoms with Crippen LogP contribution in [0.25, 0.3) is 31.4 Å². The summed E-state index contributed by atoms with van der Waals surface area (Å²) in [6.07, 6.45) is 4.28. The molecule has 0 saturated heterocycles. The molecule has 2 aromatic heterocycles. The quantitative estimate of drug-likeness (QED) is 0.317. The van der Waals surface area contributed by atoms with Crippen LogP contribution in [0.3, 0.4) is 0 Å². The largest absolute Gasteiger partial charge is 0.352 e. The number of aromatic nitrogens is 1. The van der Waals surface area contributed by atoms with Crippen molar-refractivity contribution >= 4 is 37.2 Å². The van der Waals surface area contributed by atoms with Gasteiger partial charge in [-0.2, -0.15) is 0 Å². The number of hydrogen-bond donors (Lipinski definition) is 0. The fourth-order valence-corrected chi connectivity index (χ4v) is 5.45. The molecule has 3 nitrogen and oxygen atoms in total. The molecule has 0 spiro atoms. The van der Waals surface area contributed by atoms with Crippen molar-refractivity contribution in [3.8, 4) is 11.3 Å². The molecule has 3 aromatic carbocycles. The van der Waals surface area contributed by atoms with Crippen LogP contribution in [0.15, 0.2) is 103 Å². The smallest absolute Gasteiger partial charge is 0.0946 e. The number of nitrogens with zero attached hydrogens (tertiary/aromatic N) is 3. The SMILES string of the molecule is C1=CN(c2ccccc2)CN1Cc1cccc(-c2cccc3c2sc2ccccc23)n1. The Bertz CT molecular complexity index is 1400. The Labute approximate surface area is 185 Å². The Morgan fingerprint density at radius 3 is 2.48 bits per heavy atom. The second kappa shape index (κ2) is 7.56. The molecule has 0 unspecified atom stereocenters. The predicted molar refractivity (Wildman–Crippen MR) is 131 cm³/mol. The fourth-order valence-electron chi connectivity index (χ4n) is 4.23. The number of anilines is 1. The Morgan fingerprint density at radius 2 is 1.55 bits per heavy atom. The zero-order valence-corrected chi connectivity index (χ0v) is 17.8. The summed E-state index contributed by atoms with van der Waals surface area (Å²) in [5, 5.41) is 2.63. The van der Waals surface area contributed by atoms with Crippen molar-refractivity contribution < 1.29 is 0 Å². The van der Waals surface area contributed by atoms with E-state index in [1.807, 2.05) is 17.4 Å². The molecule has 3 heterocycles. The Hall–Kier alpha value is -3.63. The molecule has 5 aromatic rings. The van der Waals surface area contributed by atoms with E-state index in [4.69, 9.17) is 4.98 Å².